The molecule has 1 aromatic rings. The van der Waals surface area contributed by atoms with E-state index in [0.29, 0.717) is 18.7 Å². The number of rotatable bonds is 2. The molecule has 1 fully saturated rings. The quantitative estimate of drug-likeness (QED) is 0.887. The topological polar surface area (TPSA) is 63.4 Å². The molecule has 0 radical (unpaired) electrons. The second-order valence-corrected chi connectivity index (χ2v) is 7.56. The van der Waals surface area contributed by atoms with Crippen LogP contribution in [0.3, 0.4) is 0 Å². The van der Waals surface area contributed by atoms with Gasteiger partial charge in [-0.05, 0) is 53.4 Å². The SMILES string of the molecule is Cc1cc(F)c(Br)cc1S(=O)(=O)N1CCCC(N)C1. The van der Waals surface area contributed by atoms with Crippen LogP contribution >= 0.6 is 15.9 Å². The fourth-order valence-electron chi connectivity index (χ4n) is 2.24. The number of aryl methyl sites for hydroxylation is 1. The van der Waals surface area contributed by atoms with Crippen LogP contribution in [0, 0.1) is 12.7 Å². The van der Waals surface area contributed by atoms with Crippen molar-refractivity contribution in [2.45, 2.75) is 30.7 Å². The molecule has 0 spiro atoms. The molecule has 0 aromatic heterocycles. The van der Waals surface area contributed by atoms with Crippen molar-refractivity contribution < 1.29 is 12.8 Å². The van der Waals surface area contributed by atoms with Crippen LogP contribution in [-0.2, 0) is 10.0 Å². The Balaban J connectivity index is 2.42. The van der Waals surface area contributed by atoms with E-state index in [0.717, 1.165) is 12.8 Å². The van der Waals surface area contributed by atoms with E-state index in [-0.39, 0.29) is 15.4 Å². The fraction of sp³-hybridized carbons (Fsp3) is 0.500. The van der Waals surface area contributed by atoms with Gasteiger partial charge in [0.2, 0.25) is 10.0 Å². The molecule has 0 amide bonds. The molecule has 0 bridgehead atoms. The van der Waals surface area contributed by atoms with Gasteiger partial charge in [-0.3, -0.25) is 0 Å². The van der Waals surface area contributed by atoms with Gasteiger partial charge in [-0.15, -0.1) is 0 Å². The van der Waals surface area contributed by atoms with Gasteiger partial charge in [0.25, 0.3) is 0 Å². The first-order valence-electron chi connectivity index (χ1n) is 6.03. The van der Waals surface area contributed by atoms with Gasteiger partial charge in [-0.2, -0.15) is 4.31 Å². The van der Waals surface area contributed by atoms with Gasteiger partial charge in [0.1, 0.15) is 5.82 Å². The zero-order valence-corrected chi connectivity index (χ0v) is 13.0. The normalized spacial score (nSPS) is 21.6. The first-order chi connectivity index (χ1) is 8.82. The molecule has 1 atom stereocenters. The van der Waals surface area contributed by atoms with E-state index in [1.54, 1.807) is 6.92 Å². The highest BCUT2D eigenvalue weighted by atomic mass is 79.9. The Bertz CT molecular complexity index is 592. The molecule has 2 N–H and O–H groups in total. The van der Waals surface area contributed by atoms with Crippen molar-refractivity contribution in [3.05, 3.63) is 28.0 Å². The van der Waals surface area contributed by atoms with Gasteiger partial charge in [-0.25, -0.2) is 12.8 Å². The average Bonchev–Trinajstić information content (AvgIpc) is 2.33. The predicted octanol–water partition coefficient (Wildman–Crippen LogP) is 2.01. The summed E-state index contributed by atoms with van der Waals surface area (Å²) >= 11 is 3.03. The lowest BCUT2D eigenvalue weighted by atomic mass is 10.1. The molecular formula is C12H16BrFN2O2S. The van der Waals surface area contributed by atoms with E-state index in [1.807, 2.05) is 0 Å². The molecule has 1 aromatic carbocycles. The minimum Gasteiger partial charge on any atom is -0.327 e. The summed E-state index contributed by atoms with van der Waals surface area (Å²) in [4.78, 5) is 0.134. The number of nitrogens with two attached hydrogens (primary N) is 1. The lowest BCUT2D eigenvalue weighted by Crippen LogP contribution is -2.45. The van der Waals surface area contributed by atoms with Crippen molar-refractivity contribution in [3.8, 4) is 0 Å². The van der Waals surface area contributed by atoms with E-state index >= 15 is 0 Å². The molecule has 1 saturated heterocycles. The largest absolute Gasteiger partial charge is 0.327 e. The van der Waals surface area contributed by atoms with Crippen LogP contribution in [0.5, 0.6) is 0 Å². The van der Waals surface area contributed by atoms with Crippen LogP contribution < -0.4 is 5.73 Å². The Morgan fingerprint density at radius 2 is 2.16 bits per heavy atom. The number of hydrogen-bond acceptors (Lipinski definition) is 3. The van der Waals surface area contributed by atoms with Crippen LogP contribution in [0.4, 0.5) is 4.39 Å². The van der Waals surface area contributed by atoms with Gasteiger partial charge in [0.05, 0.1) is 9.37 Å². The Morgan fingerprint density at radius 3 is 2.79 bits per heavy atom. The van der Waals surface area contributed by atoms with E-state index in [4.69, 9.17) is 5.73 Å². The number of halogens is 2. The Kier molecular flexibility index (Phi) is 4.29. The van der Waals surface area contributed by atoms with Crippen molar-refractivity contribution in [2.24, 2.45) is 5.73 Å². The summed E-state index contributed by atoms with van der Waals surface area (Å²) in [5, 5.41) is 0. The van der Waals surface area contributed by atoms with E-state index in [9.17, 15) is 12.8 Å². The van der Waals surface area contributed by atoms with Crippen molar-refractivity contribution in [1.29, 1.82) is 0 Å². The Morgan fingerprint density at radius 1 is 1.47 bits per heavy atom. The van der Waals surface area contributed by atoms with Crippen LogP contribution in [-0.4, -0.2) is 31.9 Å². The molecule has 2 rings (SSSR count). The maximum Gasteiger partial charge on any atom is 0.243 e. The van der Waals surface area contributed by atoms with Gasteiger partial charge >= 0.3 is 0 Å². The molecule has 1 aliphatic heterocycles. The zero-order chi connectivity index (χ0) is 14.2. The van der Waals surface area contributed by atoms with Crippen LogP contribution in [0.1, 0.15) is 18.4 Å². The van der Waals surface area contributed by atoms with Gasteiger partial charge in [0, 0.05) is 19.1 Å². The van der Waals surface area contributed by atoms with E-state index < -0.39 is 15.8 Å². The third kappa shape index (κ3) is 2.99. The van der Waals surface area contributed by atoms with E-state index in [1.165, 1.54) is 16.4 Å². The first kappa shape index (κ1) is 14.9. The second kappa shape index (κ2) is 5.47. The molecule has 7 heteroatoms. The fourth-order valence-corrected chi connectivity index (χ4v) is 4.50. The smallest absolute Gasteiger partial charge is 0.243 e. The summed E-state index contributed by atoms with van der Waals surface area (Å²) in [6.07, 6.45) is 1.58. The van der Waals surface area contributed by atoms with Gasteiger partial charge < -0.3 is 5.73 Å². The van der Waals surface area contributed by atoms with Crippen molar-refractivity contribution in [2.75, 3.05) is 13.1 Å². The molecule has 19 heavy (non-hydrogen) atoms. The minimum absolute atomic E-state index is 0.132. The summed E-state index contributed by atoms with van der Waals surface area (Å²) in [6.45, 7) is 2.37. The van der Waals surface area contributed by atoms with Gasteiger partial charge in [-0.1, -0.05) is 0 Å². The number of sulfonamides is 1. The Hall–Kier alpha value is -0.500. The number of benzene rings is 1. The molecular weight excluding hydrogens is 335 g/mol. The highest BCUT2D eigenvalue weighted by Gasteiger charge is 2.30. The van der Waals surface area contributed by atoms with Crippen molar-refractivity contribution in [1.82, 2.24) is 4.31 Å². The Labute approximate surface area is 121 Å². The lowest BCUT2D eigenvalue weighted by molar-refractivity contribution is 0.316. The predicted molar refractivity (Wildman–Crippen MR) is 74.8 cm³/mol. The molecule has 1 heterocycles. The summed E-state index contributed by atoms with van der Waals surface area (Å²) < 4.78 is 40.0. The third-order valence-corrected chi connectivity index (χ3v) is 5.87. The zero-order valence-electron chi connectivity index (χ0n) is 10.6. The maximum absolute atomic E-state index is 13.4. The highest BCUT2D eigenvalue weighted by molar-refractivity contribution is 9.10. The molecule has 1 unspecified atom stereocenters. The first-order valence-corrected chi connectivity index (χ1v) is 8.27. The van der Waals surface area contributed by atoms with Crippen molar-refractivity contribution >= 4 is 26.0 Å². The summed E-state index contributed by atoms with van der Waals surface area (Å²) in [5.74, 6) is -0.466. The summed E-state index contributed by atoms with van der Waals surface area (Å²) in [5.41, 5.74) is 6.22. The number of hydrogen-bond donors (Lipinski definition) is 1. The second-order valence-electron chi connectivity index (χ2n) is 4.80. The average molecular weight is 351 g/mol. The standard InChI is InChI=1S/C12H16BrFN2O2S/c1-8-5-11(14)10(13)6-12(8)19(17,18)16-4-2-3-9(15)7-16/h5-6,9H,2-4,7,15H2,1H3. The number of piperidine rings is 1. The highest BCUT2D eigenvalue weighted by Crippen LogP contribution is 2.27. The monoisotopic (exact) mass is 350 g/mol. The van der Waals surface area contributed by atoms with Crippen LogP contribution in [0.15, 0.2) is 21.5 Å². The van der Waals surface area contributed by atoms with E-state index in [2.05, 4.69) is 15.9 Å². The number of nitrogens with zero attached hydrogens (tertiary/aromatic N) is 1. The van der Waals surface area contributed by atoms with Gasteiger partial charge in [0.15, 0.2) is 0 Å². The summed E-state index contributed by atoms with van der Waals surface area (Å²) in [6, 6.07) is 2.41. The lowest BCUT2D eigenvalue weighted by Gasteiger charge is -2.30. The maximum atomic E-state index is 13.4. The summed E-state index contributed by atoms with van der Waals surface area (Å²) in [7, 11) is -3.61. The molecule has 0 saturated carbocycles. The molecule has 1 aliphatic rings. The molecule has 0 aliphatic carbocycles. The minimum atomic E-state index is -3.61. The third-order valence-electron chi connectivity index (χ3n) is 3.26. The molecule has 4 nitrogen and oxygen atoms in total. The van der Waals surface area contributed by atoms with Crippen LogP contribution in [0.25, 0.3) is 0 Å². The van der Waals surface area contributed by atoms with Crippen LogP contribution in [0.2, 0.25) is 0 Å². The molecule has 106 valence electrons. The van der Waals surface area contributed by atoms with Crippen molar-refractivity contribution in [3.63, 3.8) is 0 Å².